The zero-order chi connectivity index (χ0) is 18.9. The van der Waals surface area contributed by atoms with E-state index in [1.165, 1.54) is 18.2 Å². The van der Waals surface area contributed by atoms with Crippen LogP contribution in [0.5, 0.6) is 5.75 Å². The molecule has 0 unspecified atom stereocenters. The smallest absolute Gasteiger partial charge is 0.427 e. The highest BCUT2D eigenvalue weighted by atomic mass is 32.1. The number of carbonyl (C=O) groups excluding carboxylic acids is 1. The van der Waals surface area contributed by atoms with E-state index < -0.39 is 24.2 Å². The Bertz CT molecular complexity index is 789. The minimum atomic E-state index is -4.66. The van der Waals surface area contributed by atoms with E-state index in [-0.39, 0.29) is 11.6 Å². The van der Waals surface area contributed by atoms with E-state index in [1.807, 2.05) is 19.1 Å². The molecule has 1 saturated carbocycles. The molecule has 1 aromatic heterocycles. The molecule has 1 aliphatic carbocycles. The molecule has 1 aromatic carbocycles. The molecule has 1 fully saturated rings. The lowest BCUT2D eigenvalue weighted by atomic mass is 10.1. The van der Waals surface area contributed by atoms with Crippen molar-refractivity contribution in [2.45, 2.75) is 44.9 Å². The number of benzene rings is 1. The van der Waals surface area contributed by atoms with Gasteiger partial charge in [-0.25, -0.2) is 0 Å². The largest absolute Gasteiger partial charge is 0.461 e. The number of ether oxygens (including phenoxy) is 1. The van der Waals surface area contributed by atoms with Gasteiger partial charge in [-0.2, -0.15) is 17.6 Å². The minimum absolute atomic E-state index is 0.0218. The second-order valence-electron chi connectivity index (χ2n) is 6.14. The van der Waals surface area contributed by atoms with Crippen molar-refractivity contribution in [3.8, 4) is 5.75 Å². The van der Waals surface area contributed by atoms with E-state index in [0.717, 1.165) is 28.7 Å². The lowest BCUT2D eigenvalue weighted by Crippen LogP contribution is -2.36. The average molecular weight is 387 g/mol. The van der Waals surface area contributed by atoms with Gasteiger partial charge in [-0.15, -0.1) is 11.3 Å². The fourth-order valence-corrected chi connectivity index (χ4v) is 3.46. The fraction of sp³-hybridized carbons (Fsp3) is 0.389. The molecule has 1 heterocycles. The van der Waals surface area contributed by atoms with Gasteiger partial charge >= 0.3 is 12.5 Å². The van der Waals surface area contributed by atoms with Crippen LogP contribution in [-0.4, -0.2) is 29.4 Å². The third-order valence-corrected chi connectivity index (χ3v) is 4.97. The first-order valence-corrected chi connectivity index (χ1v) is 8.90. The monoisotopic (exact) mass is 387 g/mol. The normalized spacial score (nSPS) is 14.5. The first kappa shape index (κ1) is 18.7. The molecule has 0 N–H and O–H groups in total. The SMILES string of the molecule is Cc1ccc(CN(C(=O)c2ccccc2OC(F)(F)C(F)F)C2CC2)s1. The number of rotatable bonds is 7. The first-order valence-electron chi connectivity index (χ1n) is 8.08. The highest BCUT2D eigenvalue weighted by Crippen LogP contribution is 2.35. The lowest BCUT2D eigenvalue weighted by Gasteiger charge is -2.24. The van der Waals surface area contributed by atoms with Crippen molar-refractivity contribution < 1.29 is 27.1 Å². The van der Waals surface area contributed by atoms with Gasteiger partial charge in [-0.05, 0) is 44.0 Å². The van der Waals surface area contributed by atoms with Crippen molar-refractivity contribution in [3.05, 3.63) is 51.7 Å². The lowest BCUT2D eigenvalue weighted by molar-refractivity contribution is -0.253. The summed E-state index contributed by atoms with van der Waals surface area (Å²) in [5.74, 6) is -1.05. The number of halogens is 4. The standard InChI is InChI=1S/C18H17F4NO2S/c1-11-6-9-13(26-11)10-23(12-7-8-12)16(24)14-4-2-3-5-15(14)25-18(21,22)17(19)20/h2-6,9,12,17H,7-8,10H2,1H3. The molecule has 140 valence electrons. The Morgan fingerprint density at radius 3 is 2.54 bits per heavy atom. The van der Waals surface area contributed by atoms with Crippen LogP contribution in [-0.2, 0) is 6.54 Å². The number of hydrogen-bond acceptors (Lipinski definition) is 3. The Morgan fingerprint density at radius 1 is 1.27 bits per heavy atom. The molecule has 0 bridgehead atoms. The fourth-order valence-electron chi connectivity index (χ4n) is 2.57. The summed E-state index contributed by atoms with van der Waals surface area (Å²) in [6, 6.07) is 9.14. The maximum atomic E-state index is 13.3. The Kier molecular flexibility index (Phi) is 5.22. The molecule has 0 aliphatic heterocycles. The Balaban J connectivity index is 1.85. The van der Waals surface area contributed by atoms with Crippen LogP contribution in [0.15, 0.2) is 36.4 Å². The van der Waals surface area contributed by atoms with Crippen molar-refractivity contribution in [2.75, 3.05) is 0 Å². The summed E-state index contributed by atoms with van der Waals surface area (Å²) in [4.78, 5) is 16.6. The van der Waals surface area contributed by atoms with Crippen molar-refractivity contribution in [2.24, 2.45) is 0 Å². The predicted molar refractivity (Wildman–Crippen MR) is 90.0 cm³/mol. The quantitative estimate of drug-likeness (QED) is 0.619. The van der Waals surface area contributed by atoms with Crippen LogP contribution >= 0.6 is 11.3 Å². The van der Waals surface area contributed by atoms with E-state index in [0.29, 0.717) is 6.54 Å². The van der Waals surface area contributed by atoms with E-state index in [9.17, 15) is 22.4 Å². The summed E-state index contributed by atoms with van der Waals surface area (Å²) in [5, 5.41) is 0. The molecule has 3 nitrogen and oxygen atoms in total. The Morgan fingerprint density at radius 2 is 1.96 bits per heavy atom. The summed E-state index contributed by atoms with van der Waals surface area (Å²) in [5.41, 5.74) is -0.145. The average Bonchev–Trinajstić information content (AvgIpc) is 3.34. The molecule has 0 radical (unpaired) electrons. The molecule has 1 aliphatic rings. The Labute approximate surface area is 152 Å². The van der Waals surface area contributed by atoms with Crippen LogP contribution in [0.4, 0.5) is 17.6 Å². The van der Waals surface area contributed by atoms with E-state index in [4.69, 9.17) is 0 Å². The van der Waals surface area contributed by atoms with Crippen LogP contribution in [0.3, 0.4) is 0 Å². The van der Waals surface area contributed by atoms with Gasteiger partial charge in [0.2, 0.25) is 0 Å². The van der Waals surface area contributed by atoms with Crippen molar-refractivity contribution >= 4 is 17.2 Å². The summed E-state index contributed by atoms with van der Waals surface area (Å²) in [7, 11) is 0. The number of thiophene rings is 1. The maximum absolute atomic E-state index is 13.3. The highest BCUT2D eigenvalue weighted by molar-refractivity contribution is 7.11. The second kappa shape index (κ2) is 7.26. The van der Waals surface area contributed by atoms with Crippen LogP contribution in [0.25, 0.3) is 0 Å². The van der Waals surface area contributed by atoms with E-state index >= 15 is 0 Å². The van der Waals surface area contributed by atoms with Crippen molar-refractivity contribution in [1.29, 1.82) is 0 Å². The van der Waals surface area contributed by atoms with E-state index in [1.54, 1.807) is 16.2 Å². The molecule has 1 amide bonds. The van der Waals surface area contributed by atoms with Crippen molar-refractivity contribution in [1.82, 2.24) is 4.90 Å². The number of hydrogen-bond donors (Lipinski definition) is 0. The van der Waals surface area contributed by atoms with Gasteiger partial charge in [0.15, 0.2) is 0 Å². The van der Waals surface area contributed by atoms with Crippen LogP contribution in [0.2, 0.25) is 0 Å². The zero-order valence-electron chi connectivity index (χ0n) is 13.9. The summed E-state index contributed by atoms with van der Waals surface area (Å²) < 4.78 is 55.7. The molecule has 0 saturated heterocycles. The van der Waals surface area contributed by atoms with Gasteiger partial charge in [-0.1, -0.05) is 12.1 Å². The number of amides is 1. The highest BCUT2D eigenvalue weighted by Gasteiger charge is 2.45. The number of aryl methyl sites for hydroxylation is 1. The third-order valence-electron chi connectivity index (χ3n) is 3.99. The summed E-state index contributed by atoms with van der Waals surface area (Å²) in [6.07, 6.45) is -7.00. The summed E-state index contributed by atoms with van der Waals surface area (Å²) >= 11 is 1.55. The second-order valence-corrected chi connectivity index (χ2v) is 7.51. The molecule has 3 rings (SSSR count). The molecular formula is C18H17F4NO2S. The molecule has 8 heteroatoms. The molecular weight excluding hydrogens is 370 g/mol. The van der Waals surface area contributed by atoms with Gasteiger partial charge < -0.3 is 9.64 Å². The number of para-hydroxylation sites is 1. The van der Waals surface area contributed by atoms with Crippen LogP contribution in [0, 0.1) is 6.92 Å². The third kappa shape index (κ3) is 4.17. The molecule has 2 aromatic rings. The van der Waals surface area contributed by atoms with Gasteiger partial charge in [0.25, 0.3) is 5.91 Å². The van der Waals surface area contributed by atoms with Crippen LogP contribution < -0.4 is 4.74 Å². The maximum Gasteiger partial charge on any atom is 0.461 e. The van der Waals surface area contributed by atoms with Gasteiger partial charge in [0.1, 0.15) is 5.75 Å². The minimum Gasteiger partial charge on any atom is -0.427 e. The van der Waals surface area contributed by atoms with E-state index in [2.05, 4.69) is 4.74 Å². The van der Waals surface area contributed by atoms with Crippen molar-refractivity contribution in [3.63, 3.8) is 0 Å². The first-order chi connectivity index (χ1) is 12.3. The van der Waals surface area contributed by atoms with Gasteiger partial charge in [0.05, 0.1) is 12.1 Å². The topological polar surface area (TPSA) is 29.5 Å². The van der Waals surface area contributed by atoms with Gasteiger partial charge in [-0.3, -0.25) is 4.79 Å². The van der Waals surface area contributed by atoms with Crippen LogP contribution in [0.1, 0.15) is 33.0 Å². The summed E-state index contributed by atoms with van der Waals surface area (Å²) in [6.45, 7) is 2.30. The predicted octanol–water partition coefficient (Wildman–Crippen LogP) is 5.10. The molecule has 26 heavy (non-hydrogen) atoms. The number of nitrogens with zero attached hydrogens (tertiary/aromatic N) is 1. The number of alkyl halides is 4. The Hall–Kier alpha value is -2.09. The number of carbonyl (C=O) groups is 1. The zero-order valence-corrected chi connectivity index (χ0v) is 14.7. The molecule has 0 spiro atoms. The molecule has 0 atom stereocenters. The van der Waals surface area contributed by atoms with Gasteiger partial charge in [0, 0.05) is 15.8 Å².